The fourth-order valence-corrected chi connectivity index (χ4v) is 5.99. The van der Waals surface area contributed by atoms with Crippen molar-refractivity contribution in [3.63, 3.8) is 0 Å². The van der Waals surface area contributed by atoms with Crippen molar-refractivity contribution in [2.75, 3.05) is 29.1 Å². The van der Waals surface area contributed by atoms with Crippen molar-refractivity contribution in [2.45, 2.75) is 83.8 Å². The highest BCUT2D eigenvalue weighted by atomic mass is 32.2. The van der Waals surface area contributed by atoms with E-state index in [9.17, 15) is 10.1 Å². The third kappa shape index (κ3) is 6.64. The van der Waals surface area contributed by atoms with Crippen LogP contribution in [0.25, 0.3) is 0 Å². The molecule has 1 amide bonds. The van der Waals surface area contributed by atoms with E-state index in [2.05, 4.69) is 44.0 Å². The Labute approximate surface area is 224 Å². The van der Waals surface area contributed by atoms with Gasteiger partial charge >= 0.3 is 0 Å². The first-order chi connectivity index (χ1) is 17.8. The molecule has 0 spiro atoms. The molecule has 1 N–H and O–H groups in total. The molecule has 7 nitrogen and oxygen atoms in total. The summed E-state index contributed by atoms with van der Waals surface area (Å²) in [5.74, 6) is 2.13. The minimum atomic E-state index is 0.00999. The maximum Gasteiger partial charge on any atom is 0.224 e. The van der Waals surface area contributed by atoms with Gasteiger partial charge < -0.3 is 19.7 Å². The molecule has 1 aromatic carbocycles. The summed E-state index contributed by atoms with van der Waals surface area (Å²) in [5.41, 5.74) is 4.85. The van der Waals surface area contributed by atoms with Gasteiger partial charge in [-0.05, 0) is 49.4 Å². The highest BCUT2D eigenvalue weighted by Gasteiger charge is 2.33. The lowest BCUT2D eigenvalue weighted by Crippen LogP contribution is -2.46. The molecule has 3 heterocycles. The minimum absolute atomic E-state index is 0.00999. The number of benzene rings is 1. The normalized spacial score (nSPS) is 21.4. The molecule has 2 aliphatic rings. The Hall–Kier alpha value is -2.60. The van der Waals surface area contributed by atoms with Crippen LogP contribution in [0.3, 0.4) is 0 Å². The predicted octanol–water partition coefficient (Wildman–Crippen LogP) is 5.35. The second-order valence-corrected chi connectivity index (χ2v) is 11.4. The van der Waals surface area contributed by atoms with E-state index >= 15 is 0 Å². The number of hydrogen-bond acceptors (Lipinski definition) is 7. The predicted molar refractivity (Wildman–Crippen MR) is 148 cm³/mol. The number of amides is 1. The number of carbonyl (C=O) groups is 1. The van der Waals surface area contributed by atoms with Gasteiger partial charge in [-0.2, -0.15) is 5.26 Å². The van der Waals surface area contributed by atoms with E-state index in [-0.39, 0.29) is 24.2 Å². The molecule has 37 heavy (non-hydrogen) atoms. The second kappa shape index (κ2) is 12.3. The number of thioether (sulfide) groups is 1. The van der Waals surface area contributed by atoms with Crippen LogP contribution in [-0.2, 0) is 33.7 Å². The maximum atomic E-state index is 11.6. The highest BCUT2D eigenvalue weighted by Crippen LogP contribution is 2.38. The van der Waals surface area contributed by atoms with E-state index < -0.39 is 0 Å². The van der Waals surface area contributed by atoms with E-state index in [0.717, 1.165) is 59.3 Å². The lowest BCUT2D eigenvalue weighted by molar-refractivity contribution is -0.115. The van der Waals surface area contributed by atoms with Crippen LogP contribution >= 0.6 is 11.8 Å². The Balaban J connectivity index is 1.57. The number of aromatic nitrogens is 1. The molecule has 0 aliphatic carbocycles. The highest BCUT2D eigenvalue weighted by molar-refractivity contribution is 7.99. The third-order valence-electron chi connectivity index (χ3n) is 6.97. The molecule has 0 radical (unpaired) electrons. The first kappa shape index (κ1) is 27.4. The van der Waals surface area contributed by atoms with Crippen LogP contribution in [0.2, 0.25) is 0 Å². The van der Waals surface area contributed by atoms with Crippen molar-refractivity contribution < 1.29 is 14.3 Å². The minimum Gasteiger partial charge on any atom is -0.373 e. The second-order valence-electron chi connectivity index (χ2n) is 10.3. The number of nitriles is 1. The van der Waals surface area contributed by atoms with E-state index in [1.165, 1.54) is 5.56 Å². The summed E-state index contributed by atoms with van der Waals surface area (Å²) in [7, 11) is 0. The number of pyridine rings is 1. The Morgan fingerprint density at radius 1 is 1.22 bits per heavy atom. The van der Waals surface area contributed by atoms with Gasteiger partial charge in [-0.3, -0.25) is 4.79 Å². The summed E-state index contributed by atoms with van der Waals surface area (Å²) >= 11 is 1.65. The Kier molecular flexibility index (Phi) is 9.12. The fourth-order valence-electron chi connectivity index (χ4n) is 4.99. The van der Waals surface area contributed by atoms with Gasteiger partial charge in [-0.25, -0.2) is 4.98 Å². The Bertz CT molecular complexity index is 1140. The Morgan fingerprint density at radius 2 is 1.92 bits per heavy atom. The molecule has 3 unspecified atom stereocenters. The number of hydrogen-bond donors (Lipinski definition) is 1. The first-order valence-corrected chi connectivity index (χ1v) is 14.3. The van der Waals surface area contributed by atoms with Gasteiger partial charge in [-0.15, -0.1) is 11.8 Å². The van der Waals surface area contributed by atoms with Gasteiger partial charge in [0.05, 0.1) is 30.5 Å². The van der Waals surface area contributed by atoms with Gasteiger partial charge in [0.2, 0.25) is 5.91 Å². The summed E-state index contributed by atoms with van der Waals surface area (Å²) in [6.45, 7) is 12.4. The molecule has 3 atom stereocenters. The van der Waals surface area contributed by atoms with Crippen LogP contribution in [0.15, 0.2) is 29.3 Å². The molecule has 8 heteroatoms. The standard InChI is InChI=1S/C29H38N4O3S/c1-6-27(34)31-22-9-7-21(8-10-22)11-12-37-29-24(14-30)23-13-26(18(2)3)35-17-25(23)28(32-29)33-15-19(4)36-20(5)16-33/h7-10,18-20,26H,6,11-13,15-17H2,1-5H3,(H,31,34). The van der Waals surface area contributed by atoms with E-state index in [4.69, 9.17) is 14.5 Å². The average molecular weight is 523 g/mol. The topological polar surface area (TPSA) is 87.5 Å². The summed E-state index contributed by atoms with van der Waals surface area (Å²) < 4.78 is 12.2. The van der Waals surface area contributed by atoms with E-state index in [1.54, 1.807) is 11.8 Å². The number of aryl methyl sites for hydroxylation is 1. The van der Waals surface area contributed by atoms with Gasteiger partial charge in [0.25, 0.3) is 0 Å². The number of ether oxygens (including phenoxy) is 2. The largest absolute Gasteiger partial charge is 0.373 e. The van der Waals surface area contributed by atoms with Crippen molar-refractivity contribution >= 4 is 29.2 Å². The summed E-state index contributed by atoms with van der Waals surface area (Å²) in [6.07, 6.45) is 2.37. The lowest BCUT2D eigenvalue weighted by Gasteiger charge is -2.39. The van der Waals surface area contributed by atoms with Crippen molar-refractivity contribution in [3.05, 3.63) is 46.5 Å². The van der Waals surface area contributed by atoms with Gasteiger partial charge in [0, 0.05) is 42.9 Å². The van der Waals surface area contributed by atoms with Gasteiger partial charge in [-0.1, -0.05) is 32.9 Å². The van der Waals surface area contributed by atoms with Crippen LogP contribution in [0, 0.1) is 17.2 Å². The van der Waals surface area contributed by atoms with E-state index in [0.29, 0.717) is 24.5 Å². The van der Waals surface area contributed by atoms with Crippen molar-refractivity contribution in [2.24, 2.45) is 5.92 Å². The van der Waals surface area contributed by atoms with Crippen molar-refractivity contribution in [1.29, 1.82) is 5.26 Å². The molecule has 198 valence electrons. The number of morpholine rings is 1. The summed E-state index contributed by atoms with van der Waals surface area (Å²) in [5, 5.41) is 13.9. The molecule has 0 bridgehead atoms. The van der Waals surface area contributed by atoms with Gasteiger partial charge in [0.15, 0.2) is 0 Å². The zero-order chi connectivity index (χ0) is 26.5. The number of nitrogens with zero attached hydrogens (tertiary/aromatic N) is 3. The van der Waals surface area contributed by atoms with Crippen LogP contribution in [0.5, 0.6) is 0 Å². The number of rotatable bonds is 8. The molecule has 1 saturated heterocycles. The zero-order valence-corrected chi connectivity index (χ0v) is 23.4. The van der Waals surface area contributed by atoms with Crippen LogP contribution in [0.1, 0.15) is 63.3 Å². The van der Waals surface area contributed by atoms with Crippen molar-refractivity contribution in [3.8, 4) is 6.07 Å². The molecule has 0 saturated carbocycles. The maximum absolute atomic E-state index is 11.6. The number of carbonyl (C=O) groups excluding carboxylic acids is 1. The summed E-state index contributed by atoms with van der Waals surface area (Å²) in [4.78, 5) is 19.0. The van der Waals surface area contributed by atoms with Crippen LogP contribution < -0.4 is 10.2 Å². The molecule has 4 rings (SSSR count). The molecular formula is C29H38N4O3S. The monoisotopic (exact) mass is 522 g/mol. The fraction of sp³-hybridized carbons (Fsp3) is 0.552. The number of nitrogens with one attached hydrogen (secondary N) is 1. The molecular weight excluding hydrogens is 484 g/mol. The molecule has 1 aromatic heterocycles. The molecule has 2 aromatic rings. The number of fused-ring (bicyclic) bond motifs is 1. The van der Waals surface area contributed by atoms with E-state index in [1.807, 2.05) is 31.2 Å². The molecule has 2 aliphatic heterocycles. The van der Waals surface area contributed by atoms with Gasteiger partial charge in [0.1, 0.15) is 16.9 Å². The summed E-state index contributed by atoms with van der Waals surface area (Å²) in [6, 6.07) is 10.5. The lowest BCUT2D eigenvalue weighted by atomic mass is 9.91. The number of anilines is 2. The van der Waals surface area contributed by atoms with Crippen molar-refractivity contribution in [1.82, 2.24) is 4.98 Å². The quantitative estimate of drug-likeness (QED) is 0.468. The average Bonchev–Trinajstić information content (AvgIpc) is 2.88. The third-order valence-corrected chi connectivity index (χ3v) is 7.94. The van der Waals surface area contributed by atoms with Crippen LogP contribution in [0.4, 0.5) is 11.5 Å². The van der Waals surface area contributed by atoms with Crippen LogP contribution in [-0.4, -0.2) is 48.0 Å². The molecule has 1 fully saturated rings. The Morgan fingerprint density at radius 3 is 2.54 bits per heavy atom. The first-order valence-electron chi connectivity index (χ1n) is 13.3. The zero-order valence-electron chi connectivity index (χ0n) is 22.5. The SMILES string of the molecule is CCC(=O)Nc1ccc(CCSc2nc(N3CC(C)OC(C)C3)c3c(c2C#N)CC(C(C)C)OC3)cc1. The smallest absolute Gasteiger partial charge is 0.224 e.